The Balaban J connectivity index is 3.09. The summed E-state index contributed by atoms with van der Waals surface area (Å²) in [6.45, 7) is 0. The van der Waals surface area contributed by atoms with Crippen LogP contribution in [-0.2, 0) is 0 Å². The van der Waals surface area contributed by atoms with Crippen molar-refractivity contribution in [1.29, 1.82) is 0 Å². The van der Waals surface area contributed by atoms with Crippen molar-refractivity contribution in [3.8, 4) is 0 Å². The first kappa shape index (κ1) is 11.0. The van der Waals surface area contributed by atoms with E-state index in [1.54, 1.807) is 11.2 Å². The van der Waals surface area contributed by atoms with E-state index >= 15 is 0 Å². The highest BCUT2D eigenvalue weighted by Gasteiger charge is 2.07. The fraction of sp³-hybridized carbons (Fsp3) is 0.286. The van der Waals surface area contributed by atoms with E-state index in [2.05, 4.69) is 15.0 Å². The van der Waals surface area contributed by atoms with Crippen LogP contribution < -0.4 is 5.73 Å². The van der Waals surface area contributed by atoms with Gasteiger partial charge in [-0.15, -0.1) is 0 Å². The number of hydrogen-bond donors (Lipinski definition) is 1. The van der Waals surface area contributed by atoms with Crippen molar-refractivity contribution in [2.45, 2.75) is 0 Å². The SMILES string of the molecule is CN(C)/C=N/c1c(N)nc(Cl)nc1Cl. The lowest BCUT2D eigenvalue weighted by Crippen LogP contribution is -2.07. The summed E-state index contributed by atoms with van der Waals surface area (Å²) in [6, 6.07) is 0. The Kier molecular flexibility index (Phi) is 3.49. The molecule has 1 rings (SSSR count). The minimum Gasteiger partial charge on any atom is -0.382 e. The molecule has 0 aromatic carbocycles. The molecule has 1 aromatic rings. The van der Waals surface area contributed by atoms with Crippen LogP contribution in [-0.4, -0.2) is 35.3 Å². The second kappa shape index (κ2) is 4.43. The lowest BCUT2D eigenvalue weighted by Gasteiger charge is -2.04. The number of nitrogens with zero attached hydrogens (tertiary/aromatic N) is 4. The van der Waals surface area contributed by atoms with Crippen LogP contribution >= 0.6 is 23.2 Å². The Hall–Kier alpha value is -1.07. The molecule has 0 saturated heterocycles. The Morgan fingerprint density at radius 2 is 2.00 bits per heavy atom. The maximum absolute atomic E-state index is 5.77. The molecule has 0 radical (unpaired) electrons. The first-order chi connectivity index (χ1) is 6.50. The van der Waals surface area contributed by atoms with E-state index in [9.17, 15) is 0 Å². The zero-order chi connectivity index (χ0) is 10.7. The van der Waals surface area contributed by atoms with Gasteiger partial charge in [0.25, 0.3) is 0 Å². The highest BCUT2D eigenvalue weighted by Crippen LogP contribution is 2.28. The second-order valence-electron chi connectivity index (χ2n) is 2.73. The van der Waals surface area contributed by atoms with Crippen molar-refractivity contribution in [3.63, 3.8) is 0 Å². The van der Waals surface area contributed by atoms with Gasteiger partial charge in [-0.25, -0.2) is 9.98 Å². The summed E-state index contributed by atoms with van der Waals surface area (Å²) < 4.78 is 0. The van der Waals surface area contributed by atoms with Gasteiger partial charge in [0.15, 0.2) is 11.0 Å². The third-order valence-corrected chi connectivity index (χ3v) is 1.69. The minimum absolute atomic E-state index is 0.0105. The van der Waals surface area contributed by atoms with E-state index in [-0.39, 0.29) is 16.3 Å². The predicted molar refractivity (Wildman–Crippen MR) is 58.3 cm³/mol. The Morgan fingerprint density at radius 3 is 2.50 bits per heavy atom. The molecule has 0 saturated carbocycles. The van der Waals surface area contributed by atoms with Crippen molar-refractivity contribution < 1.29 is 0 Å². The summed E-state index contributed by atoms with van der Waals surface area (Å²) in [5.74, 6) is 0.160. The maximum atomic E-state index is 5.77. The van der Waals surface area contributed by atoms with Crippen LogP contribution in [0, 0.1) is 0 Å². The third kappa shape index (κ3) is 2.71. The Morgan fingerprint density at radius 1 is 1.36 bits per heavy atom. The third-order valence-electron chi connectivity index (χ3n) is 1.26. The maximum Gasteiger partial charge on any atom is 0.225 e. The molecular weight excluding hydrogens is 225 g/mol. The summed E-state index contributed by atoms with van der Waals surface area (Å²) >= 11 is 11.3. The van der Waals surface area contributed by atoms with Gasteiger partial charge in [0.1, 0.15) is 5.69 Å². The number of nitrogen functional groups attached to an aromatic ring is 1. The molecule has 1 aromatic heterocycles. The van der Waals surface area contributed by atoms with Gasteiger partial charge in [0.05, 0.1) is 6.34 Å². The lowest BCUT2D eigenvalue weighted by atomic mass is 10.5. The van der Waals surface area contributed by atoms with Gasteiger partial charge in [0.2, 0.25) is 5.28 Å². The zero-order valence-electron chi connectivity index (χ0n) is 7.70. The number of aromatic nitrogens is 2. The smallest absolute Gasteiger partial charge is 0.225 e. The summed E-state index contributed by atoms with van der Waals surface area (Å²) in [4.78, 5) is 13.2. The average molecular weight is 234 g/mol. The topological polar surface area (TPSA) is 67.4 Å². The van der Waals surface area contributed by atoms with E-state index < -0.39 is 0 Å². The van der Waals surface area contributed by atoms with Gasteiger partial charge < -0.3 is 10.6 Å². The average Bonchev–Trinajstić information content (AvgIpc) is 2.01. The van der Waals surface area contributed by atoms with Gasteiger partial charge in [-0.05, 0) is 11.6 Å². The van der Waals surface area contributed by atoms with E-state index in [4.69, 9.17) is 28.9 Å². The summed E-state index contributed by atoms with van der Waals surface area (Å²) in [5, 5.41) is 0.150. The summed E-state index contributed by atoms with van der Waals surface area (Å²) in [5.41, 5.74) is 5.88. The minimum atomic E-state index is 0.0105. The zero-order valence-corrected chi connectivity index (χ0v) is 9.21. The van der Waals surface area contributed by atoms with Crippen molar-refractivity contribution in [3.05, 3.63) is 10.4 Å². The Labute approximate surface area is 91.6 Å². The highest BCUT2D eigenvalue weighted by molar-refractivity contribution is 6.34. The van der Waals surface area contributed by atoms with Crippen LogP contribution in [0.3, 0.4) is 0 Å². The molecule has 14 heavy (non-hydrogen) atoms. The molecule has 0 unspecified atom stereocenters. The molecule has 2 N–H and O–H groups in total. The normalized spacial score (nSPS) is 10.9. The molecule has 0 fully saturated rings. The number of hydrogen-bond acceptors (Lipinski definition) is 4. The highest BCUT2D eigenvalue weighted by atomic mass is 35.5. The van der Waals surface area contributed by atoms with Crippen molar-refractivity contribution >= 4 is 41.0 Å². The summed E-state index contributed by atoms with van der Waals surface area (Å²) in [6.07, 6.45) is 1.55. The van der Waals surface area contributed by atoms with Crippen molar-refractivity contribution in [2.24, 2.45) is 4.99 Å². The molecule has 0 aliphatic rings. The molecule has 0 aliphatic carbocycles. The number of aliphatic imine (C=N–C) groups is 1. The number of halogens is 2. The van der Waals surface area contributed by atoms with Gasteiger partial charge in [-0.3, -0.25) is 0 Å². The van der Waals surface area contributed by atoms with Crippen LogP contribution in [0.5, 0.6) is 0 Å². The molecule has 0 amide bonds. The van der Waals surface area contributed by atoms with Gasteiger partial charge in [-0.2, -0.15) is 4.98 Å². The first-order valence-corrected chi connectivity index (χ1v) is 4.45. The van der Waals surface area contributed by atoms with E-state index in [1.165, 1.54) is 0 Å². The van der Waals surface area contributed by atoms with Crippen LogP contribution in [0.15, 0.2) is 4.99 Å². The monoisotopic (exact) mass is 233 g/mol. The molecule has 1 heterocycles. The van der Waals surface area contributed by atoms with Crippen LogP contribution in [0.2, 0.25) is 10.4 Å². The van der Waals surface area contributed by atoms with E-state index in [0.29, 0.717) is 5.69 Å². The van der Waals surface area contributed by atoms with Crippen LogP contribution in [0.1, 0.15) is 0 Å². The van der Waals surface area contributed by atoms with Crippen molar-refractivity contribution in [1.82, 2.24) is 14.9 Å². The molecule has 7 heteroatoms. The molecule has 0 aliphatic heterocycles. The molecule has 0 bridgehead atoms. The predicted octanol–water partition coefficient (Wildman–Crippen LogP) is 1.59. The molecule has 76 valence electrons. The summed E-state index contributed by atoms with van der Waals surface area (Å²) in [7, 11) is 3.65. The molecule has 0 spiro atoms. The first-order valence-electron chi connectivity index (χ1n) is 3.70. The van der Waals surface area contributed by atoms with Crippen LogP contribution in [0.25, 0.3) is 0 Å². The number of nitrogens with two attached hydrogens (primary N) is 1. The van der Waals surface area contributed by atoms with Gasteiger partial charge >= 0.3 is 0 Å². The molecule has 5 nitrogen and oxygen atoms in total. The van der Waals surface area contributed by atoms with Crippen molar-refractivity contribution in [2.75, 3.05) is 19.8 Å². The molecular formula is C7H9Cl2N5. The van der Waals surface area contributed by atoms with Gasteiger partial charge in [-0.1, -0.05) is 11.6 Å². The number of anilines is 1. The Bertz CT molecular complexity index is 340. The van der Waals surface area contributed by atoms with Crippen LogP contribution in [0.4, 0.5) is 11.5 Å². The quantitative estimate of drug-likeness (QED) is 0.365. The van der Waals surface area contributed by atoms with Gasteiger partial charge in [0, 0.05) is 14.1 Å². The lowest BCUT2D eigenvalue weighted by molar-refractivity contribution is 0.643. The molecule has 0 atom stereocenters. The fourth-order valence-electron chi connectivity index (χ4n) is 0.710. The standard InChI is InChI=1S/C7H9Cl2N5/c1-14(2)3-11-4-5(8)12-7(9)13-6(4)10/h3H,1-2H3,(H2,10,12,13)/b11-3+. The van der Waals surface area contributed by atoms with E-state index in [1.807, 2.05) is 14.1 Å². The largest absolute Gasteiger partial charge is 0.382 e. The number of rotatable bonds is 2. The second-order valence-corrected chi connectivity index (χ2v) is 3.42. The fourth-order valence-corrected chi connectivity index (χ4v) is 1.15. The van der Waals surface area contributed by atoms with E-state index in [0.717, 1.165) is 0 Å².